The predicted octanol–water partition coefficient (Wildman–Crippen LogP) is 0.777. The van der Waals surface area contributed by atoms with Crippen molar-refractivity contribution in [3.05, 3.63) is 23.3 Å². The molecule has 3 rings (SSSR count). The summed E-state index contributed by atoms with van der Waals surface area (Å²) < 4.78 is 21.8. The van der Waals surface area contributed by atoms with E-state index < -0.39 is 60.4 Å². The van der Waals surface area contributed by atoms with Crippen molar-refractivity contribution >= 4 is 23.7 Å². The Bertz CT molecular complexity index is 841. The zero-order chi connectivity index (χ0) is 22.4. The molecule has 30 heavy (non-hydrogen) atoms. The number of aliphatic hydroxyl groups excluding tert-OH is 1. The minimum Gasteiger partial charge on any atom is -0.461 e. The second-order valence-electron chi connectivity index (χ2n) is 8.24. The number of carbonyl (C=O) groups excluding carboxylic acids is 4. The van der Waals surface area contributed by atoms with Crippen molar-refractivity contribution in [2.24, 2.45) is 5.92 Å². The molecule has 2 fully saturated rings. The minimum absolute atomic E-state index is 0.0353. The first-order valence-electron chi connectivity index (χ1n) is 9.78. The number of hydrogen-bond acceptors (Lipinski definition) is 9. The molecule has 0 aromatic carbocycles. The maximum atomic E-state index is 12.6. The molecule has 0 amide bonds. The van der Waals surface area contributed by atoms with Crippen molar-refractivity contribution in [3.8, 4) is 0 Å². The van der Waals surface area contributed by atoms with Gasteiger partial charge in [0.25, 0.3) is 0 Å². The molecule has 2 heterocycles. The van der Waals surface area contributed by atoms with Gasteiger partial charge in [-0.15, -0.1) is 0 Å². The van der Waals surface area contributed by atoms with Crippen LogP contribution in [0, 0.1) is 5.92 Å². The molecule has 0 radical (unpaired) electrons. The van der Waals surface area contributed by atoms with Crippen molar-refractivity contribution in [2.45, 2.75) is 70.6 Å². The Morgan fingerprint density at radius 1 is 1.30 bits per heavy atom. The Morgan fingerprint density at radius 3 is 2.57 bits per heavy atom. The van der Waals surface area contributed by atoms with E-state index >= 15 is 0 Å². The quantitative estimate of drug-likeness (QED) is 0.302. The Balaban J connectivity index is 2.11. The lowest BCUT2D eigenvalue weighted by molar-refractivity contribution is -0.153. The van der Waals surface area contributed by atoms with Gasteiger partial charge in [-0.2, -0.15) is 0 Å². The van der Waals surface area contributed by atoms with Crippen molar-refractivity contribution in [1.82, 2.24) is 0 Å². The molecule has 0 spiro atoms. The fourth-order valence-electron chi connectivity index (χ4n) is 3.84. The van der Waals surface area contributed by atoms with E-state index in [-0.39, 0.29) is 28.9 Å². The SMILES string of the molecule is C=C(C)C(=O)O[C@@H]1C2=C(COC(C)=O)C(=O)O[C@@H]2[C@H]2O[C@]2(C)CCC(=O)[C@@H](C)[C@H]1O. The van der Waals surface area contributed by atoms with Gasteiger partial charge < -0.3 is 24.1 Å². The van der Waals surface area contributed by atoms with Gasteiger partial charge in [-0.25, -0.2) is 9.59 Å². The molecule has 0 bridgehead atoms. The standard InChI is InChI=1S/C21H26O9/c1-9(2)19(25)28-16-14-12(8-27-11(4)22)20(26)29-17(14)18-21(5,30-18)7-6-13(23)10(3)15(16)24/h10,15-18,24H,1,6-8H2,2-5H3/t10-,15-,16-,17+,18-,21-/m1/s1. The lowest BCUT2D eigenvalue weighted by atomic mass is 9.81. The maximum absolute atomic E-state index is 12.6. The Kier molecular flexibility index (Phi) is 5.88. The van der Waals surface area contributed by atoms with Crippen LogP contribution in [-0.2, 0) is 38.1 Å². The number of Topliss-reactive ketones (excluding diaryl/α,β-unsaturated/α-hetero) is 1. The monoisotopic (exact) mass is 422 g/mol. The normalized spacial score (nSPS) is 35.7. The summed E-state index contributed by atoms with van der Waals surface area (Å²) in [4.78, 5) is 48.8. The van der Waals surface area contributed by atoms with Crippen LogP contribution in [-0.4, -0.2) is 65.4 Å². The number of carbonyl (C=O) groups is 4. The molecule has 0 aromatic rings. The third-order valence-corrected chi connectivity index (χ3v) is 5.86. The number of esters is 3. The largest absolute Gasteiger partial charge is 0.461 e. The highest BCUT2D eigenvalue weighted by Gasteiger charge is 2.63. The molecule has 1 N–H and O–H groups in total. The highest BCUT2D eigenvalue weighted by atomic mass is 16.6. The average molecular weight is 422 g/mol. The third-order valence-electron chi connectivity index (χ3n) is 5.86. The van der Waals surface area contributed by atoms with Crippen molar-refractivity contribution in [2.75, 3.05) is 6.61 Å². The molecular weight excluding hydrogens is 396 g/mol. The average Bonchev–Trinajstić information content (AvgIpc) is 3.24. The zero-order valence-corrected chi connectivity index (χ0v) is 17.4. The number of ether oxygens (including phenoxy) is 4. The Morgan fingerprint density at radius 2 is 1.97 bits per heavy atom. The highest BCUT2D eigenvalue weighted by molar-refractivity contribution is 5.94. The second-order valence-corrected chi connectivity index (χ2v) is 8.24. The van der Waals surface area contributed by atoms with E-state index in [2.05, 4.69) is 6.58 Å². The highest BCUT2D eigenvalue weighted by Crippen LogP contribution is 2.49. The van der Waals surface area contributed by atoms with Crippen molar-refractivity contribution < 1.29 is 43.2 Å². The summed E-state index contributed by atoms with van der Waals surface area (Å²) in [6.07, 6.45) is -3.78. The first-order valence-corrected chi connectivity index (χ1v) is 9.78. The van der Waals surface area contributed by atoms with Crippen LogP contribution in [0.1, 0.15) is 40.5 Å². The molecule has 9 heteroatoms. The van der Waals surface area contributed by atoms with Crippen LogP contribution in [0.15, 0.2) is 23.3 Å². The van der Waals surface area contributed by atoms with Gasteiger partial charge >= 0.3 is 17.9 Å². The summed E-state index contributed by atoms with van der Waals surface area (Å²) >= 11 is 0. The first kappa shape index (κ1) is 22.2. The number of fused-ring (bicyclic) bond motifs is 3. The first-order chi connectivity index (χ1) is 14.0. The molecule has 2 aliphatic heterocycles. The molecule has 9 nitrogen and oxygen atoms in total. The third kappa shape index (κ3) is 4.04. The van der Waals surface area contributed by atoms with Gasteiger partial charge in [0.15, 0.2) is 12.2 Å². The van der Waals surface area contributed by atoms with Crippen LogP contribution in [0.2, 0.25) is 0 Å². The smallest absolute Gasteiger partial charge is 0.338 e. The summed E-state index contributed by atoms with van der Waals surface area (Å²) in [6.45, 7) is 9.08. The van der Waals surface area contributed by atoms with Gasteiger partial charge in [0.05, 0.1) is 11.2 Å². The summed E-state index contributed by atoms with van der Waals surface area (Å²) in [6, 6.07) is 0. The Hall–Kier alpha value is -2.52. The van der Waals surface area contributed by atoms with Crippen LogP contribution in [0.3, 0.4) is 0 Å². The fraction of sp³-hybridized carbons (Fsp3) is 0.619. The summed E-state index contributed by atoms with van der Waals surface area (Å²) in [7, 11) is 0. The van der Waals surface area contributed by atoms with Gasteiger partial charge in [-0.3, -0.25) is 9.59 Å². The topological polar surface area (TPSA) is 129 Å². The number of ketones is 1. The van der Waals surface area contributed by atoms with Gasteiger partial charge in [-0.05, 0) is 20.3 Å². The van der Waals surface area contributed by atoms with Crippen LogP contribution in [0.4, 0.5) is 0 Å². The molecule has 1 aliphatic carbocycles. The molecule has 0 aromatic heterocycles. The fourth-order valence-corrected chi connectivity index (χ4v) is 3.84. The van der Waals surface area contributed by atoms with E-state index in [1.807, 2.05) is 0 Å². The van der Waals surface area contributed by atoms with E-state index in [4.69, 9.17) is 18.9 Å². The van der Waals surface area contributed by atoms with Crippen molar-refractivity contribution in [1.29, 1.82) is 0 Å². The number of hydrogen-bond donors (Lipinski definition) is 1. The number of aliphatic hydroxyl groups is 1. The van der Waals surface area contributed by atoms with E-state index in [1.165, 1.54) is 20.8 Å². The lowest BCUT2D eigenvalue weighted by Crippen LogP contribution is -2.45. The van der Waals surface area contributed by atoms with E-state index in [0.29, 0.717) is 6.42 Å². The number of epoxide rings is 1. The van der Waals surface area contributed by atoms with Crippen molar-refractivity contribution in [3.63, 3.8) is 0 Å². The van der Waals surface area contributed by atoms with Crippen LogP contribution in [0.25, 0.3) is 0 Å². The van der Waals surface area contributed by atoms with Crippen LogP contribution in [0.5, 0.6) is 0 Å². The maximum Gasteiger partial charge on any atom is 0.338 e. The van der Waals surface area contributed by atoms with Gasteiger partial charge in [-0.1, -0.05) is 13.5 Å². The Labute approximate surface area is 174 Å². The van der Waals surface area contributed by atoms with Gasteiger partial charge in [0.1, 0.15) is 24.6 Å². The summed E-state index contributed by atoms with van der Waals surface area (Å²) in [5, 5.41) is 11.0. The van der Waals surface area contributed by atoms with Gasteiger partial charge in [0, 0.05) is 30.4 Å². The second kappa shape index (κ2) is 7.96. The van der Waals surface area contributed by atoms with E-state index in [9.17, 15) is 24.3 Å². The predicted molar refractivity (Wildman–Crippen MR) is 101 cm³/mol. The molecular formula is C21H26O9. The molecule has 0 unspecified atom stereocenters. The van der Waals surface area contributed by atoms with E-state index in [1.54, 1.807) is 6.92 Å². The summed E-state index contributed by atoms with van der Waals surface area (Å²) in [5.74, 6) is -3.28. The molecule has 1 saturated heterocycles. The molecule has 1 saturated carbocycles. The molecule has 6 atom stereocenters. The van der Waals surface area contributed by atoms with Gasteiger partial charge in [0.2, 0.25) is 0 Å². The van der Waals surface area contributed by atoms with Crippen LogP contribution < -0.4 is 0 Å². The molecule has 164 valence electrons. The van der Waals surface area contributed by atoms with E-state index in [0.717, 1.165) is 0 Å². The number of rotatable bonds is 4. The lowest BCUT2D eigenvalue weighted by Gasteiger charge is -2.31. The zero-order valence-electron chi connectivity index (χ0n) is 17.4. The minimum atomic E-state index is -1.44. The summed E-state index contributed by atoms with van der Waals surface area (Å²) in [5.41, 5.74) is -0.506. The molecule has 3 aliphatic rings. The van der Waals surface area contributed by atoms with Crippen LogP contribution >= 0.6 is 0 Å².